The van der Waals surface area contributed by atoms with Crippen molar-refractivity contribution in [2.45, 2.75) is 90.4 Å². The Kier molecular flexibility index (Phi) is 14.6. The van der Waals surface area contributed by atoms with Crippen LogP contribution >= 0.6 is 0 Å². The maximum absolute atomic E-state index is 10.5. The second-order valence-electron chi connectivity index (χ2n) is 8.83. The maximum Gasteiger partial charge on any atom is 0.303 e. The number of unbranched alkanes of at least 4 members (excludes halogenated alkanes) is 8. The summed E-state index contributed by atoms with van der Waals surface area (Å²) in [6.07, 6.45) is 16.9. The predicted molar refractivity (Wildman–Crippen MR) is 136 cm³/mol. The van der Waals surface area contributed by atoms with Crippen molar-refractivity contribution in [1.82, 2.24) is 9.97 Å². The Bertz CT molecular complexity index is 778. The van der Waals surface area contributed by atoms with Gasteiger partial charge in [-0.1, -0.05) is 69.7 Å². The van der Waals surface area contributed by atoms with Crippen LogP contribution in [0.3, 0.4) is 0 Å². The van der Waals surface area contributed by atoms with Gasteiger partial charge >= 0.3 is 5.97 Å². The van der Waals surface area contributed by atoms with Gasteiger partial charge in [-0.2, -0.15) is 0 Å². The Labute approximate surface area is 205 Å². The van der Waals surface area contributed by atoms with Crippen molar-refractivity contribution >= 4 is 5.97 Å². The molecule has 1 aromatic carbocycles. The van der Waals surface area contributed by atoms with E-state index in [4.69, 9.17) is 14.6 Å². The van der Waals surface area contributed by atoms with Gasteiger partial charge in [0.25, 0.3) is 0 Å². The number of carbonyl (C=O) groups is 1. The highest BCUT2D eigenvalue weighted by molar-refractivity contribution is 5.66. The molecule has 0 aliphatic heterocycles. The first-order chi connectivity index (χ1) is 16.7. The van der Waals surface area contributed by atoms with Crippen LogP contribution in [-0.2, 0) is 16.0 Å². The molecule has 1 aromatic heterocycles. The van der Waals surface area contributed by atoms with E-state index >= 15 is 0 Å². The van der Waals surface area contributed by atoms with Gasteiger partial charge in [0.15, 0.2) is 11.6 Å². The van der Waals surface area contributed by atoms with Gasteiger partial charge in [0, 0.05) is 25.2 Å². The second kappa shape index (κ2) is 17.9. The fourth-order valence-corrected chi connectivity index (χ4v) is 3.73. The molecule has 1 heterocycles. The van der Waals surface area contributed by atoms with E-state index in [1.807, 2.05) is 0 Å². The number of aryl methyl sites for hydroxylation is 1. The minimum atomic E-state index is -0.692. The van der Waals surface area contributed by atoms with E-state index in [1.165, 1.54) is 31.2 Å². The summed E-state index contributed by atoms with van der Waals surface area (Å²) in [4.78, 5) is 19.4. The fourth-order valence-electron chi connectivity index (χ4n) is 3.73. The molecular weight excluding hydrogens is 428 g/mol. The fraction of sp³-hybridized carbons (Fsp3) is 0.607. The van der Waals surface area contributed by atoms with Crippen LogP contribution in [0.1, 0.15) is 89.5 Å². The number of carboxylic acids is 1. The number of carboxylic acid groups (broad SMARTS) is 1. The van der Waals surface area contributed by atoms with Crippen molar-refractivity contribution < 1.29 is 19.4 Å². The number of aliphatic carboxylic acids is 1. The zero-order valence-electron chi connectivity index (χ0n) is 20.8. The van der Waals surface area contributed by atoms with Crippen LogP contribution in [0.4, 0.5) is 0 Å². The van der Waals surface area contributed by atoms with Crippen LogP contribution < -0.4 is 4.74 Å². The average Bonchev–Trinajstić information content (AvgIpc) is 2.85. The van der Waals surface area contributed by atoms with E-state index in [0.717, 1.165) is 70.1 Å². The van der Waals surface area contributed by atoms with Gasteiger partial charge in [0.05, 0.1) is 19.0 Å². The number of rotatable bonds is 20. The third-order valence-electron chi connectivity index (χ3n) is 5.79. The molecular formula is C28H42N2O4. The molecule has 0 unspecified atom stereocenters. The highest BCUT2D eigenvalue weighted by Crippen LogP contribution is 2.19. The van der Waals surface area contributed by atoms with Crippen molar-refractivity contribution in [3.05, 3.63) is 42.2 Å². The van der Waals surface area contributed by atoms with E-state index < -0.39 is 5.97 Å². The first-order valence-corrected chi connectivity index (χ1v) is 13.0. The number of hydrogen-bond acceptors (Lipinski definition) is 5. The van der Waals surface area contributed by atoms with Gasteiger partial charge in [-0.3, -0.25) is 4.79 Å². The normalized spacial score (nSPS) is 11.0. The summed E-state index contributed by atoms with van der Waals surface area (Å²) < 4.78 is 11.4. The zero-order valence-corrected chi connectivity index (χ0v) is 20.8. The van der Waals surface area contributed by atoms with Crippen molar-refractivity contribution in [1.29, 1.82) is 0 Å². The number of hydrogen-bond donors (Lipinski definition) is 1. The summed E-state index contributed by atoms with van der Waals surface area (Å²) in [6.45, 7) is 4.51. The highest BCUT2D eigenvalue weighted by Gasteiger charge is 2.03. The standard InChI is InChI=1S/C28H42N2O4/c1-2-3-10-19-33-20-11-12-21-34-26-22-29-28(30-23-26)25-17-15-24(16-18-25)13-8-6-4-5-7-9-14-27(31)32/h15-18,22-23H,2-14,19-21H2,1H3,(H,31,32). The van der Waals surface area contributed by atoms with E-state index in [2.05, 4.69) is 41.2 Å². The lowest BCUT2D eigenvalue weighted by Crippen LogP contribution is -2.02. The third-order valence-corrected chi connectivity index (χ3v) is 5.79. The van der Waals surface area contributed by atoms with Gasteiger partial charge in [-0.15, -0.1) is 0 Å². The van der Waals surface area contributed by atoms with E-state index in [-0.39, 0.29) is 0 Å². The number of ether oxygens (including phenoxy) is 2. The Morgan fingerprint density at radius 3 is 2.09 bits per heavy atom. The second-order valence-corrected chi connectivity index (χ2v) is 8.83. The molecule has 6 nitrogen and oxygen atoms in total. The van der Waals surface area contributed by atoms with E-state index in [1.54, 1.807) is 12.4 Å². The van der Waals surface area contributed by atoms with Gasteiger partial charge in [-0.05, 0) is 44.1 Å². The largest absolute Gasteiger partial charge is 0.490 e. The minimum Gasteiger partial charge on any atom is -0.490 e. The summed E-state index contributed by atoms with van der Waals surface area (Å²) in [7, 11) is 0. The zero-order chi connectivity index (χ0) is 24.3. The molecule has 34 heavy (non-hydrogen) atoms. The lowest BCUT2D eigenvalue weighted by atomic mass is 10.0. The van der Waals surface area contributed by atoms with Crippen molar-refractivity contribution in [3.8, 4) is 17.1 Å². The van der Waals surface area contributed by atoms with Gasteiger partial charge in [0.1, 0.15) is 0 Å². The summed E-state index contributed by atoms with van der Waals surface area (Å²) in [5, 5.41) is 8.65. The summed E-state index contributed by atoms with van der Waals surface area (Å²) in [5.41, 5.74) is 2.33. The van der Waals surface area contributed by atoms with Crippen molar-refractivity contribution in [2.24, 2.45) is 0 Å². The molecule has 0 aliphatic carbocycles. The van der Waals surface area contributed by atoms with E-state index in [9.17, 15) is 4.79 Å². The quantitative estimate of drug-likeness (QED) is 0.213. The lowest BCUT2D eigenvalue weighted by Gasteiger charge is -2.07. The molecule has 0 aliphatic rings. The predicted octanol–water partition coefficient (Wildman–Crippen LogP) is 6.87. The Balaban J connectivity index is 1.58. The van der Waals surface area contributed by atoms with Crippen LogP contribution in [-0.4, -0.2) is 40.9 Å². The Hall–Kier alpha value is -2.47. The topological polar surface area (TPSA) is 81.5 Å². The average molecular weight is 471 g/mol. The smallest absolute Gasteiger partial charge is 0.303 e. The molecule has 0 fully saturated rings. The number of benzene rings is 1. The third kappa shape index (κ3) is 12.7. The first-order valence-electron chi connectivity index (χ1n) is 13.0. The van der Waals surface area contributed by atoms with Crippen LogP contribution in [0.5, 0.6) is 5.75 Å². The van der Waals surface area contributed by atoms with Gasteiger partial charge < -0.3 is 14.6 Å². The molecule has 1 N–H and O–H groups in total. The van der Waals surface area contributed by atoms with Crippen LogP contribution in [0.2, 0.25) is 0 Å². The van der Waals surface area contributed by atoms with Crippen LogP contribution in [0, 0.1) is 0 Å². The number of nitrogens with zero attached hydrogens (tertiary/aromatic N) is 2. The molecule has 6 heteroatoms. The Morgan fingerprint density at radius 2 is 1.41 bits per heavy atom. The molecule has 0 bridgehead atoms. The van der Waals surface area contributed by atoms with Crippen LogP contribution in [0.15, 0.2) is 36.7 Å². The van der Waals surface area contributed by atoms with E-state index in [0.29, 0.717) is 24.6 Å². The molecule has 2 rings (SSSR count). The molecule has 0 saturated heterocycles. The first kappa shape index (κ1) is 27.8. The van der Waals surface area contributed by atoms with Crippen LogP contribution in [0.25, 0.3) is 11.4 Å². The summed E-state index contributed by atoms with van der Waals surface area (Å²) in [6, 6.07) is 8.47. The molecule has 0 amide bonds. The van der Waals surface area contributed by atoms with Crippen molar-refractivity contribution in [3.63, 3.8) is 0 Å². The van der Waals surface area contributed by atoms with Gasteiger partial charge in [0.2, 0.25) is 0 Å². The number of aromatic nitrogens is 2. The summed E-state index contributed by atoms with van der Waals surface area (Å²) in [5.74, 6) is 0.719. The molecule has 0 spiro atoms. The highest BCUT2D eigenvalue weighted by atomic mass is 16.5. The monoisotopic (exact) mass is 470 g/mol. The molecule has 0 radical (unpaired) electrons. The maximum atomic E-state index is 10.5. The van der Waals surface area contributed by atoms with Crippen molar-refractivity contribution in [2.75, 3.05) is 19.8 Å². The minimum absolute atomic E-state index is 0.293. The SMILES string of the molecule is CCCCCOCCCCOc1cnc(-c2ccc(CCCCCCCCC(=O)O)cc2)nc1. The molecule has 0 saturated carbocycles. The summed E-state index contributed by atoms with van der Waals surface area (Å²) >= 11 is 0. The Morgan fingerprint density at radius 1 is 0.794 bits per heavy atom. The molecule has 2 aromatic rings. The van der Waals surface area contributed by atoms with Gasteiger partial charge in [-0.25, -0.2) is 9.97 Å². The molecule has 0 atom stereocenters. The lowest BCUT2D eigenvalue weighted by molar-refractivity contribution is -0.137. The molecule has 188 valence electrons.